The molecule has 0 aliphatic carbocycles. The molecule has 0 radical (unpaired) electrons. The zero-order valence-electron chi connectivity index (χ0n) is 12.9. The van der Waals surface area contributed by atoms with Crippen LogP contribution in [0.4, 0.5) is 21.9 Å². The molecule has 0 aromatic heterocycles. The van der Waals surface area contributed by atoms with Crippen molar-refractivity contribution in [1.82, 2.24) is 0 Å². The molecule has 23 heavy (non-hydrogen) atoms. The number of hydrogen-bond acceptors (Lipinski definition) is 2. The van der Waals surface area contributed by atoms with Crippen LogP contribution >= 0.6 is 11.6 Å². The summed E-state index contributed by atoms with van der Waals surface area (Å²) in [5.74, 6) is -0.0733. The van der Waals surface area contributed by atoms with E-state index in [0.29, 0.717) is 28.5 Å². The number of rotatable bonds is 4. The van der Waals surface area contributed by atoms with Crippen LogP contribution in [-0.2, 0) is 4.79 Å². The third-order valence-electron chi connectivity index (χ3n) is 3.28. The highest BCUT2D eigenvalue weighted by Crippen LogP contribution is 2.24. The van der Waals surface area contributed by atoms with Gasteiger partial charge in [-0.3, -0.25) is 4.79 Å². The minimum absolute atomic E-state index is 0.0733. The standard InChI is InChI=1S/C17H18ClN3O2/c1-3-16(22)20-14-5-4-6-15(11(14)2)21-17(23)19-13-9-7-12(18)8-10-13/h4-10H,3H2,1-2H3,(H,20,22)(H2,19,21,23). The van der Waals surface area contributed by atoms with Gasteiger partial charge in [0.1, 0.15) is 0 Å². The Morgan fingerprint density at radius 2 is 1.57 bits per heavy atom. The van der Waals surface area contributed by atoms with Gasteiger partial charge in [-0.15, -0.1) is 0 Å². The maximum Gasteiger partial charge on any atom is 0.323 e. The van der Waals surface area contributed by atoms with E-state index in [9.17, 15) is 9.59 Å². The van der Waals surface area contributed by atoms with Gasteiger partial charge in [-0.25, -0.2) is 4.79 Å². The van der Waals surface area contributed by atoms with Crippen molar-refractivity contribution < 1.29 is 9.59 Å². The molecule has 2 rings (SSSR count). The smallest absolute Gasteiger partial charge is 0.323 e. The number of nitrogens with one attached hydrogen (secondary N) is 3. The lowest BCUT2D eigenvalue weighted by Crippen LogP contribution is -2.20. The molecule has 5 nitrogen and oxygen atoms in total. The number of carbonyl (C=O) groups excluding carboxylic acids is 2. The summed E-state index contributed by atoms with van der Waals surface area (Å²) in [6, 6.07) is 11.8. The SMILES string of the molecule is CCC(=O)Nc1cccc(NC(=O)Nc2ccc(Cl)cc2)c1C. The summed E-state index contributed by atoms with van der Waals surface area (Å²) < 4.78 is 0. The first-order valence-electron chi connectivity index (χ1n) is 7.22. The molecular formula is C17H18ClN3O2. The molecule has 0 unspecified atom stereocenters. The van der Waals surface area contributed by atoms with Crippen LogP contribution in [0.2, 0.25) is 5.02 Å². The first kappa shape index (κ1) is 16.8. The number of carbonyl (C=O) groups is 2. The molecule has 0 saturated carbocycles. The van der Waals surface area contributed by atoms with Crippen molar-refractivity contribution in [3.05, 3.63) is 53.1 Å². The Labute approximate surface area is 140 Å². The van der Waals surface area contributed by atoms with E-state index in [0.717, 1.165) is 5.56 Å². The van der Waals surface area contributed by atoms with Gasteiger partial charge in [-0.1, -0.05) is 24.6 Å². The van der Waals surface area contributed by atoms with E-state index in [1.807, 2.05) is 6.92 Å². The summed E-state index contributed by atoms with van der Waals surface area (Å²) in [6.07, 6.45) is 0.397. The van der Waals surface area contributed by atoms with Crippen molar-refractivity contribution in [3.8, 4) is 0 Å². The lowest BCUT2D eigenvalue weighted by Gasteiger charge is -2.13. The third kappa shape index (κ3) is 4.72. The summed E-state index contributed by atoms with van der Waals surface area (Å²) in [5.41, 5.74) is 2.74. The Kier molecular flexibility index (Phi) is 5.60. The lowest BCUT2D eigenvalue weighted by molar-refractivity contribution is -0.115. The Hall–Kier alpha value is -2.53. The maximum absolute atomic E-state index is 12.1. The largest absolute Gasteiger partial charge is 0.326 e. The summed E-state index contributed by atoms with van der Waals surface area (Å²) >= 11 is 5.81. The van der Waals surface area contributed by atoms with Crippen LogP contribution in [0.1, 0.15) is 18.9 Å². The molecule has 0 aliphatic heterocycles. The Morgan fingerprint density at radius 3 is 2.17 bits per heavy atom. The Balaban J connectivity index is 2.07. The molecule has 0 bridgehead atoms. The molecule has 120 valence electrons. The second kappa shape index (κ2) is 7.65. The predicted molar refractivity (Wildman–Crippen MR) is 94.2 cm³/mol. The highest BCUT2D eigenvalue weighted by atomic mass is 35.5. The van der Waals surface area contributed by atoms with Crippen LogP contribution in [0.15, 0.2) is 42.5 Å². The maximum atomic E-state index is 12.1. The average molecular weight is 332 g/mol. The summed E-state index contributed by atoms with van der Waals surface area (Å²) in [6.45, 7) is 3.62. The van der Waals surface area contributed by atoms with Gasteiger partial charge < -0.3 is 16.0 Å². The Bertz CT molecular complexity index is 714. The zero-order chi connectivity index (χ0) is 16.8. The van der Waals surface area contributed by atoms with Crippen LogP contribution in [-0.4, -0.2) is 11.9 Å². The van der Waals surface area contributed by atoms with Crippen LogP contribution in [0.5, 0.6) is 0 Å². The summed E-state index contributed by atoms with van der Waals surface area (Å²) in [5, 5.41) is 8.90. The van der Waals surface area contributed by atoms with Gasteiger partial charge in [0, 0.05) is 28.5 Å². The Morgan fingerprint density at radius 1 is 0.957 bits per heavy atom. The molecule has 2 aromatic rings. The molecule has 3 N–H and O–H groups in total. The molecule has 0 fully saturated rings. The van der Waals surface area contributed by atoms with Crippen molar-refractivity contribution in [1.29, 1.82) is 0 Å². The summed E-state index contributed by atoms with van der Waals surface area (Å²) in [7, 11) is 0. The van der Waals surface area contributed by atoms with Gasteiger partial charge in [0.05, 0.1) is 0 Å². The van der Waals surface area contributed by atoms with Gasteiger partial charge in [0.15, 0.2) is 0 Å². The van der Waals surface area contributed by atoms with Gasteiger partial charge in [-0.05, 0) is 48.9 Å². The number of anilines is 3. The second-order valence-electron chi connectivity index (χ2n) is 4.97. The third-order valence-corrected chi connectivity index (χ3v) is 3.53. The van der Waals surface area contributed by atoms with E-state index in [1.54, 1.807) is 49.4 Å². The number of halogens is 1. The fourth-order valence-corrected chi connectivity index (χ4v) is 2.09. The average Bonchev–Trinajstić information content (AvgIpc) is 2.53. The second-order valence-corrected chi connectivity index (χ2v) is 5.40. The molecule has 0 spiro atoms. The van der Waals surface area contributed by atoms with Crippen molar-refractivity contribution >= 4 is 40.6 Å². The van der Waals surface area contributed by atoms with E-state index in [2.05, 4.69) is 16.0 Å². The van der Waals surface area contributed by atoms with Gasteiger partial charge in [0.25, 0.3) is 0 Å². The fourth-order valence-electron chi connectivity index (χ4n) is 1.96. The van der Waals surface area contributed by atoms with E-state index >= 15 is 0 Å². The molecule has 0 atom stereocenters. The highest BCUT2D eigenvalue weighted by molar-refractivity contribution is 6.30. The predicted octanol–water partition coefficient (Wildman–Crippen LogP) is 4.64. The van der Waals surface area contributed by atoms with E-state index in [-0.39, 0.29) is 11.9 Å². The summed E-state index contributed by atoms with van der Waals surface area (Å²) in [4.78, 5) is 23.6. The van der Waals surface area contributed by atoms with Crippen molar-refractivity contribution in [3.63, 3.8) is 0 Å². The van der Waals surface area contributed by atoms with Crippen molar-refractivity contribution in [2.24, 2.45) is 0 Å². The molecular weight excluding hydrogens is 314 g/mol. The van der Waals surface area contributed by atoms with Crippen LogP contribution in [0.3, 0.4) is 0 Å². The minimum Gasteiger partial charge on any atom is -0.326 e. The van der Waals surface area contributed by atoms with Gasteiger partial charge in [-0.2, -0.15) is 0 Å². The van der Waals surface area contributed by atoms with Crippen LogP contribution in [0, 0.1) is 6.92 Å². The topological polar surface area (TPSA) is 70.2 Å². The van der Waals surface area contributed by atoms with Crippen LogP contribution in [0.25, 0.3) is 0 Å². The molecule has 0 heterocycles. The molecule has 3 amide bonds. The monoisotopic (exact) mass is 331 g/mol. The van der Waals surface area contributed by atoms with Crippen molar-refractivity contribution in [2.45, 2.75) is 20.3 Å². The number of hydrogen-bond donors (Lipinski definition) is 3. The van der Waals surface area contributed by atoms with E-state index in [4.69, 9.17) is 11.6 Å². The fraction of sp³-hybridized carbons (Fsp3) is 0.176. The highest BCUT2D eigenvalue weighted by Gasteiger charge is 2.09. The molecule has 6 heteroatoms. The molecule has 0 aliphatic rings. The van der Waals surface area contributed by atoms with Gasteiger partial charge >= 0.3 is 6.03 Å². The zero-order valence-corrected chi connectivity index (χ0v) is 13.7. The van der Waals surface area contributed by atoms with Gasteiger partial charge in [0.2, 0.25) is 5.91 Å². The van der Waals surface area contributed by atoms with E-state index < -0.39 is 0 Å². The number of benzene rings is 2. The molecule has 2 aromatic carbocycles. The number of amides is 3. The number of urea groups is 1. The quantitative estimate of drug-likeness (QED) is 0.763. The lowest BCUT2D eigenvalue weighted by atomic mass is 10.1. The first-order valence-corrected chi connectivity index (χ1v) is 7.60. The minimum atomic E-state index is -0.366. The van der Waals surface area contributed by atoms with E-state index in [1.165, 1.54) is 0 Å². The molecule has 0 saturated heterocycles. The first-order chi connectivity index (χ1) is 11.0. The normalized spacial score (nSPS) is 10.0. The van der Waals surface area contributed by atoms with Crippen molar-refractivity contribution in [2.75, 3.05) is 16.0 Å². The van der Waals surface area contributed by atoms with Crippen LogP contribution < -0.4 is 16.0 Å².